The molecule has 2 aromatic carbocycles. The number of carbonyl (C=O) groups is 2. The van der Waals surface area contributed by atoms with Gasteiger partial charge in [-0.05, 0) is 29.3 Å². The van der Waals surface area contributed by atoms with E-state index in [-0.39, 0.29) is 11.8 Å². The van der Waals surface area contributed by atoms with Crippen molar-refractivity contribution in [1.82, 2.24) is 4.90 Å². The van der Waals surface area contributed by atoms with Crippen LogP contribution in [-0.4, -0.2) is 45.0 Å². The molecular formula is C16H15NO4S. The summed E-state index contributed by atoms with van der Waals surface area (Å²) in [6, 6.07) is 13.1. The van der Waals surface area contributed by atoms with Crippen LogP contribution in [0.15, 0.2) is 47.4 Å². The van der Waals surface area contributed by atoms with Gasteiger partial charge in [-0.2, -0.15) is 0 Å². The molecular weight excluding hydrogens is 302 g/mol. The van der Waals surface area contributed by atoms with Crippen molar-refractivity contribution in [2.75, 3.05) is 6.54 Å². The average molecular weight is 317 g/mol. The van der Waals surface area contributed by atoms with Gasteiger partial charge < -0.3 is 10.2 Å². The molecule has 0 radical (unpaired) electrons. The quantitative estimate of drug-likeness (QED) is 0.909. The van der Waals surface area contributed by atoms with Crippen molar-refractivity contribution in [2.24, 2.45) is 0 Å². The minimum absolute atomic E-state index is 0.0432. The van der Waals surface area contributed by atoms with Gasteiger partial charge in [-0.25, -0.2) is 9.59 Å². The van der Waals surface area contributed by atoms with Crippen LogP contribution in [-0.2, 0) is 4.79 Å². The van der Waals surface area contributed by atoms with Crippen molar-refractivity contribution >= 4 is 34.6 Å². The topological polar surface area (TPSA) is 77.8 Å². The van der Waals surface area contributed by atoms with Gasteiger partial charge in [0, 0.05) is 16.7 Å². The van der Waals surface area contributed by atoms with Crippen LogP contribution in [0.4, 0.5) is 4.79 Å². The molecule has 22 heavy (non-hydrogen) atoms. The second-order valence-electron chi connectivity index (χ2n) is 5.27. The number of amides is 1. The lowest BCUT2D eigenvalue weighted by atomic mass is 10.1. The third kappa shape index (κ3) is 2.87. The van der Waals surface area contributed by atoms with E-state index in [0.717, 1.165) is 20.6 Å². The molecule has 5 nitrogen and oxygen atoms in total. The molecule has 3 rings (SSSR count). The summed E-state index contributed by atoms with van der Waals surface area (Å²) in [6.45, 7) is 0.240. The predicted octanol–water partition coefficient (Wildman–Crippen LogP) is 3.14. The lowest BCUT2D eigenvalue weighted by molar-refractivity contribution is -0.141. The van der Waals surface area contributed by atoms with Crippen molar-refractivity contribution in [3.8, 4) is 0 Å². The van der Waals surface area contributed by atoms with E-state index < -0.39 is 18.1 Å². The fourth-order valence-corrected chi connectivity index (χ4v) is 4.00. The van der Waals surface area contributed by atoms with Crippen LogP contribution in [0, 0.1) is 0 Å². The summed E-state index contributed by atoms with van der Waals surface area (Å²) in [4.78, 5) is 24.4. The first-order valence-electron chi connectivity index (χ1n) is 6.92. The number of thioether (sulfide) groups is 1. The maximum Gasteiger partial charge on any atom is 0.408 e. The maximum atomic E-state index is 11.2. The summed E-state index contributed by atoms with van der Waals surface area (Å²) < 4.78 is 0. The van der Waals surface area contributed by atoms with Gasteiger partial charge in [0.05, 0.1) is 0 Å². The van der Waals surface area contributed by atoms with Crippen molar-refractivity contribution in [1.29, 1.82) is 0 Å². The fraction of sp³-hybridized carbons (Fsp3) is 0.250. The van der Waals surface area contributed by atoms with Crippen LogP contribution in [0.25, 0.3) is 10.8 Å². The first-order chi connectivity index (χ1) is 10.5. The van der Waals surface area contributed by atoms with E-state index >= 15 is 0 Å². The van der Waals surface area contributed by atoms with Crippen LogP contribution in [0.5, 0.6) is 0 Å². The second kappa shape index (κ2) is 5.88. The zero-order valence-electron chi connectivity index (χ0n) is 11.7. The Morgan fingerprint density at radius 1 is 1.09 bits per heavy atom. The van der Waals surface area contributed by atoms with E-state index in [2.05, 4.69) is 6.07 Å². The number of benzene rings is 2. The fourth-order valence-electron chi connectivity index (χ4n) is 2.76. The summed E-state index contributed by atoms with van der Waals surface area (Å²) >= 11 is 1.54. The minimum Gasteiger partial charge on any atom is -0.480 e. The Morgan fingerprint density at radius 3 is 2.45 bits per heavy atom. The SMILES string of the molecule is O=C(O)C1CC(Sc2ccc3ccccc3c2)CN1C(=O)O. The van der Waals surface area contributed by atoms with Crippen LogP contribution in [0.3, 0.4) is 0 Å². The number of hydrogen-bond acceptors (Lipinski definition) is 3. The Hall–Kier alpha value is -2.21. The van der Waals surface area contributed by atoms with E-state index in [0.29, 0.717) is 6.42 Å². The monoisotopic (exact) mass is 317 g/mol. The van der Waals surface area contributed by atoms with Gasteiger partial charge in [-0.15, -0.1) is 11.8 Å². The van der Waals surface area contributed by atoms with Crippen molar-refractivity contribution in [3.05, 3.63) is 42.5 Å². The van der Waals surface area contributed by atoms with Crippen LogP contribution < -0.4 is 0 Å². The van der Waals surface area contributed by atoms with Gasteiger partial charge >= 0.3 is 12.1 Å². The Labute approximate surface area is 131 Å². The number of likely N-dealkylation sites (tertiary alicyclic amines) is 1. The number of fused-ring (bicyclic) bond motifs is 1. The normalized spacial score (nSPS) is 21.2. The third-order valence-corrected chi connectivity index (χ3v) is 5.02. The van der Waals surface area contributed by atoms with E-state index in [1.54, 1.807) is 11.8 Å². The molecule has 2 aromatic rings. The van der Waals surface area contributed by atoms with Gasteiger partial charge in [-0.3, -0.25) is 4.90 Å². The molecule has 0 aromatic heterocycles. The molecule has 1 heterocycles. The third-order valence-electron chi connectivity index (χ3n) is 3.82. The molecule has 2 atom stereocenters. The van der Waals surface area contributed by atoms with Gasteiger partial charge in [0.25, 0.3) is 0 Å². The largest absolute Gasteiger partial charge is 0.480 e. The van der Waals surface area contributed by atoms with Gasteiger partial charge in [-0.1, -0.05) is 30.3 Å². The molecule has 2 unspecified atom stereocenters. The summed E-state index contributed by atoms with van der Waals surface area (Å²) in [5.74, 6) is -1.08. The Balaban J connectivity index is 1.77. The summed E-state index contributed by atoms with van der Waals surface area (Å²) in [6.07, 6.45) is -0.840. The standard InChI is InChI=1S/C16H15NO4S/c18-15(19)14-8-13(9-17(14)16(20)21)22-12-6-5-10-3-1-2-4-11(10)7-12/h1-7,13-14H,8-9H2,(H,18,19)(H,20,21). The minimum atomic E-state index is -1.17. The molecule has 1 fully saturated rings. The highest BCUT2D eigenvalue weighted by Crippen LogP contribution is 2.34. The Morgan fingerprint density at radius 2 is 1.82 bits per heavy atom. The molecule has 1 aliphatic rings. The first kappa shape index (κ1) is 14.7. The Kier molecular flexibility index (Phi) is 3.94. The first-order valence-corrected chi connectivity index (χ1v) is 7.80. The summed E-state index contributed by atoms with van der Waals surface area (Å²) in [5.41, 5.74) is 0. The second-order valence-corrected chi connectivity index (χ2v) is 6.65. The molecule has 1 saturated heterocycles. The Bertz CT molecular complexity index is 711. The van der Waals surface area contributed by atoms with Crippen LogP contribution in [0.1, 0.15) is 6.42 Å². The average Bonchev–Trinajstić information content (AvgIpc) is 2.91. The number of rotatable bonds is 3. The van der Waals surface area contributed by atoms with Crippen LogP contribution >= 0.6 is 11.8 Å². The van der Waals surface area contributed by atoms with Crippen molar-refractivity contribution < 1.29 is 19.8 Å². The molecule has 1 amide bonds. The highest BCUT2D eigenvalue weighted by Gasteiger charge is 2.40. The number of carboxylic acids is 1. The van der Waals surface area contributed by atoms with Gasteiger partial charge in [0.2, 0.25) is 0 Å². The number of hydrogen-bond donors (Lipinski definition) is 2. The van der Waals surface area contributed by atoms with Crippen molar-refractivity contribution in [3.63, 3.8) is 0 Å². The molecule has 0 saturated carbocycles. The highest BCUT2D eigenvalue weighted by molar-refractivity contribution is 8.00. The highest BCUT2D eigenvalue weighted by atomic mass is 32.2. The van der Waals surface area contributed by atoms with Crippen molar-refractivity contribution in [2.45, 2.75) is 22.6 Å². The van der Waals surface area contributed by atoms with E-state index in [9.17, 15) is 9.59 Å². The molecule has 0 spiro atoms. The molecule has 0 bridgehead atoms. The number of aliphatic carboxylic acids is 1. The van der Waals surface area contributed by atoms with E-state index in [4.69, 9.17) is 10.2 Å². The summed E-state index contributed by atoms with van der Waals surface area (Å²) in [7, 11) is 0. The lowest BCUT2D eigenvalue weighted by Gasteiger charge is -2.16. The molecule has 2 N–H and O–H groups in total. The number of nitrogens with zero attached hydrogens (tertiary/aromatic N) is 1. The smallest absolute Gasteiger partial charge is 0.408 e. The van der Waals surface area contributed by atoms with Crippen LogP contribution in [0.2, 0.25) is 0 Å². The maximum absolute atomic E-state index is 11.2. The lowest BCUT2D eigenvalue weighted by Crippen LogP contribution is -2.39. The molecule has 6 heteroatoms. The van der Waals surface area contributed by atoms with E-state index in [1.807, 2.05) is 36.4 Å². The molecule has 0 aliphatic carbocycles. The molecule has 114 valence electrons. The predicted molar refractivity (Wildman–Crippen MR) is 84.4 cm³/mol. The number of carboxylic acid groups (broad SMARTS) is 2. The van der Waals surface area contributed by atoms with Gasteiger partial charge in [0.15, 0.2) is 0 Å². The molecule has 1 aliphatic heterocycles. The van der Waals surface area contributed by atoms with E-state index in [1.165, 1.54) is 0 Å². The van der Waals surface area contributed by atoms with Gasteiger partial charge in [0.1, 0.15) is 6.04 Å². The zero-order chi connectivity index (χ0) is 15.7. The zero-order valence-corrected chi connectivity index (χ0v) is 12.5. The summed E-state index contributed by atoms with van der Waals surface area (Å²) in [5, 5.41) is 20.5.